The van der Waals surface area contributed by atoms with Crippen LogP contribution in [0, 0.1) is 10.1 Å². The zero-order valence-electron chi connectivity index (χ0n) is 9.19. The maximum atomic E-state index is 10.9. The van der Waals surface area contributed by atoms with Gasteiger partial charge in [0.15, 0.2) is 0 Å². The minimum atomic E-state index is -0.518. The molecule has 1 unspecified atom stereocenters. The van der Waals surface area contributed by atoms with Gasteiger partial charge in [0, 0.05) is 28.8 Å². The Morgan fingerprint density at radius 2 is 2.35 bits per heavy atom. The number of nitrogens with zero attached hydrogens (tertiary/aromatic N) is 1. The summed E-state index contributed by atoms with van der Waals surface area (Å²) in [5.74, 6) is 0. The molecule has 6 heteroatoms. The molecule has 0 amide bonds. The highest BCUT2D eigenvalue weighted by atomic mass is 35.5. The molecular weight excluding hydrogens is 244 g/mol. The molecule has 1 saturated heterocycles. The van der Waals surface area contributed by atoms with Crippen molar-refractivity contribution in [3.8, 4) is 0 Å². The summed E-state index contributed by atoms with van der Waals surface area (Å²) in [6, 6.07) is 4.53. The number of halogens is 1. The number of hydrogen-bond donors (Lipinski definition) is 1. The van der Waals surface area contributed by atoms with E-state index in [0.29, 0.717) is 36.6 Å². The number of nitrogens with two attached hydrogens (primary N) is 1. The molecule has 92 valence electrons. The molecule has 1 atom stereocenters. The minimum Gasteiger partial charge on any atom is -0.379 e. The van der Waals surface area contributed by atoms with Crippen LogP contribution in [0.5, 0.6) is 0 Å². The molecule has 1 aliphatic rings. The summed E-state index contributed by atoms with van der Waals surface area (Å²) in [5, 5.41) is 11.4. The van der Waals surface area contributed by atoms with Gasteiger partial charge in [-0.25, -0.2) is 0 Å². The van der Waals surface area contributed by atoms with Crippen molar-refractivity contribution in [2.45, 2.75) is 18.4 Å². The zero-order valence-corrected chi connectivity index (χ0v) is 9.94. The maximum Gasteiger partial charge on any atom is 0.272 e. The summed E-state index contributed by atoms with van der Waals surface area (Å²) in [5.41, 5.74) is 6.23. The van der Waals surface area contributed by atoms with Gasteiger partial charge in [-0.2, -0.15) is 0 Å². The van der Waals surface area contributed by atoms with Gasteiger partial charge in [0.2, 0.25) is 0 Å². The topological polar surface area (TPSA) is 78.4 Å². The maximum absolute atomic E-state index is 10.9. The lowest BCUT2D eigenvalue weighted by Gasteiger charge is -2.21. The first-order valence-electron chi connectivity index (χ1n) is 5.30. The van der Waals surface area contributed by atoms with Crippen LogP contribution >= 0.6 is 11.6 Å². The van der Waals surface area contributed by atoms with E-state index in [9.17, 15) is 10.1 Å². The van der Waals surface area contributed by atoms with Gasteiger partial charge in [0.1, 0.15) is 0 Å². The van der Waals surface area contributed by atoms with Crippen molar-refractivity contribution in [3.63, 3.8) is 0 Å². The Morgan fingerprint density at radius 3 is 2.94 bits per heavy atom. The molecule has 1 heterocycles. The van der Waals surface area contributed by atoms with E-state index >= 15 is 0 Å². The van der Waals surface area contributed by atoms with Crippen LogP contribution in [0.25, 0.3) is 0 Å². The average Bonchev–Trinajstić information content (AvgIpc) is 2.64. The summed E-state index contributed by atoms with van der Waals surface area (Å²) in [6.45, 7) is 1.03. The monoisotopic (exact) mass is 256 g/mol. The predicted octanol–water partition coefficient (Wildman–Crippen LogP) is 1.91. The first-order valence-corrected chi connectivity index (χ1v) is 5.67. The molecule has 0 radical (unpaired) electrons. The highest BCUT2D eigenvalue weighted by molar-refractivity contribution is 6.30. The van der Waals surface area contributed by atoms with Crippen LogP contribution < -0.4 is 5.73 Å². The minimum absolute atomic E-state index is 0.0612. The van der Waals surface area contributed by atoms with Crippen molar-refractivity contribution in [2.24, 2.45) is 5.73 Å². The van der Waals surface area contributed by atoms with Crippen LogP contribution in [0.2, 0.25) is 5.02 Å². The summed E-state index contributed by atoms with van der Waals surface area (Å²) in [6.07, 6.45) is 1.11. The normalized spacial score (nSPS) is 23.9. The van der Waals surface area contributed by atoms with Crippen molar-refractivity contribution in [3.05, 3.63) is 38.9 Å². The molecule has 1 aliphatic heterocycles. The number of nitro benzene ring substituents is 1. The summed E-state index contributed by atoms with van der Waals surface area (Å²) in [7, 11) is 0. The number of nitro groups is 1. The highest BCUT2D eigenvalue weighted by Crippen LogP contribution is 2.28. The van der Waals surface area contributed by atoms with E-state index in [4.69, 9.17) is 22.1 Å². The van der Waals surface area contributed by atoms with Crippen LogP contribution in [-0.4, -0.2) is 23.7 Å². The standard InChI is InChI=1S/C11H13ClN2O3/c12-9-1-2-10(14(15)16)8(5-9)6-11(13)3-4-17-7-11/h1-2,5H,3-4,6-7,13H2. The van der Waals surface area contributed by atoms with Gasteiger partial charge in [-0.3, -0.25) is 10.1 Å². The van der Waals surface area contributed by atoms with Crippen molar-refractivity contribution < 1.29 is 9.66 Å². The molecule has 0 aliphatic carbocycles. The van der Waals surface area contributed by atoms with Crippen molar-refractivity contribution in [2.75, 3.05) is 13.2 Å². The van der Waals surface area contributed by atoms with Crippen LogP contribution in [0.3, 0.4) is 0 Å². The lowest BCUT2D eigenvalue weighted by molar-refractivity contribution is -0.385. The van der Waals surface area contributed by atoms with E-state index in [1.807, 2.05) is 0 Å². The van der Waals surface area contributed by atoms with Crippen molar-refractivity contribution in [1.82, 2.24) is 0 Å². The Labute approximate surface area is 104 Å². The molecule has 2 rings (SSSR count). The Bertz CT molecular complexity index is 444. The Hall–Kier alpha value is -1.17. The quantitative estimate of drug-likeness (QED) is 0.662. The fourth-order valence-corrected chi connectivity index (χ4v) is 2.21. The number of benzene rings is 1. The number of rotatable bonds is 3. The lowest BCUT2D eigenvalue weighted by Crippen LogP contribution is -2.42. The number of ether oxygens (including phenoxy) is 1. The molecule has 1 aromatic carbocycles. The first kappa shape index (κ1) is 12.3. The summed E-state index contributed by atoms with van der Waals surface area (Å²) < 4.78 is 5.24. The van der Waals surface area contributed by atoms with E-state index in [0.717, 1.165) is 0 Å². The Kier molecular flexibility index (Phi) is 3.33. The first-order chi connectivity index (χ1) is 8.00. The van der Waals surface area contributed by atoms with E-state index < -0.39 is 10.5 Å². The fourth-order valence-electron chi connectivity index (χ4n) is 2.02. The smallest absolute Gasteiger partial charge is 0.272 e. The molecule has 0 spiro atoms. The molecule has 1 fully saturated rings. The number of hydrogen-bond acceptors (Lipinski definition) is 4. The second-order valence-electron chi connectivity index (χ2n) is 4.37. The molecule has 0 aromatic heterocycles. The largest absolute Gasteiger partial charge is 0.379 e. The SMILES string of the molecule is NC1(Cc2cc(Cl)ccc2[N+](=O)[O-])CCOC1. The van der Waals surface area contributed by atoms with Gasteiger partial charge < -0.3 is 10.5 Å². The third-order valence-electron chi connectivity index (χ3n) is 2.91. The fraction of sp³-hybridized carbons (Fsp3) is 0.455. The molecule has 5 nitrogen and oxygen atoms in total. The van der Waals surface area contributed by atoms with Gasteiger partial charge in [-0.15, -0.1) is 0 Å². The lowest BCUT2D eigenvalue weighted by atomic mass is 9.90. The zero-order chi connectivity index (χ0) is 12.5. The molecule has 17 heavy (non-hydrogen) atoms. The molecule has 2 N–H and O–H groups in total. The Balaban J connectivity index is 2.30. The third-order valence-corrected chi connectivity index (χ3v) is 3.15. The second-order valence-corrected chi connectivity index (χ2v) is 4.81. The van der Waals surface area contributed by atoms with E-state index in [1.165, 1.54) is 12.1 Å². The van der Waals surface area contributed by atoms with E-state index in [1.54, 1.807) is 6.07 Å². The van der Waals surface area contributed by atoms with Gasteiger partial charge in [0.25, 0.3) is 5.69 Å². The van der Waals surface area contributed by atoms with Gasteiger partial charge in [-0.05, 0) is 25.0 Å². The molecule has 1 aromatic rings. The van der Waals surface area contributed by atoms with Crippen LogP contribution in [0.15, 0.2) is 18.2 Å². The Morgan fingerprint density at radius 1 is 1.59 bits per heavy atom. The van der Waals surface area contributed by atoms with Gasteiger partial charge >= 0.3 is 0 Å². The molecular formula is C11H13ClN2O3. The van der Waals surface area contributed by atoms with Crippen LogP contribution in [-0.2, 0) is 11.2 Å². The van der Waals surface area contributed by atoms with Gasteiger partial charge in [-0.1, -0.05) is 11.6 Å². The predicted molar refractivity (Wildman–Crippen MR) is 64.2 cm³/mol. The third kappa shape index (κ3) is 2.74. The summed E-state index contributed by atoms with van der Waals surface area (Å²) in [4.78, 5) is 10.5. The highest BCUT2D eigenvalue weighted by Gasteiger charge is 2.32. The second kappa shape index (κ2) is 4.60. The molecule has 0 saturated carbocycles. The van der Waals surface area contributed by atoms with E-state index in [-0.39, 0.29) is 5.69 Å². The van der Waals surface area contributed by atoms with Crippen LogP contribution in [0.1, 0.15) is 12.0 Å². The van der Waals surface area contributed by atoms with Crippen molar-refractivity contribution in [1.29, 1.82) is 0 Å². The van der Waals surface area contributed by atoms with E-state index in [2.05, 4.69) is 0 Å². The molecule has 0 bridgehead atoms. The van der Waals surface area contributed by atoms with Crippen molar-refractivity contribution >= 4 is 17.3 Å². The summed E-state index contributed by atoms with van der Waals surface area (Å²) >= 11 is 5.86. The van der Waals surface area contributed by atoms with Crippen LogP contribution in [0.4, 0.5) is 5.69 Å². The average molecular weight is 257 g/mol. The van der Waals surface area contributed by atoms with Gasteiger partial charge in [0.05, 0.1) is 11.5 Å².